The van der Waals surface area contributed by atoms with Crippen molar-refractivity contribution in [2.45, 2.75) is 39.0 Å². The summed E-state index contributed by atoms with van der Waals surface area (Å²) in [7, 11) is 0. The van der Waals surface area contributed by atoms with Crippen LogP contribution in [0.1, 0.15) is 47.7 Å². The van der Waals surface area contributed by atoms with Gasteiger partial charge in [-0.05, 0) is 73.2 Å². The third kappa shape index (κ3) is 6.84. The number of unbranched alkanes of at least 4 members (excludes halogenated alkanes) is 1. The molecule has 0 fully saturated rings. The van der Waals surface area contributed by atoms with Gasteiger partial charge in [-0.3, -0.25) is 4.79 Å². The van der Waals surface area contributed by atoms with Crippen LogP contribution in [0, 0.1) is 0 Å². The molecule has 31 heavy (non-hydrogen) atoms. The lowest BCUT2D eigenvalue weighted by Gasteiger charge is -2.09. The number of ether oxygens (including phenoxy) is 3. The molecule has 1 N–H and O–H groups in total. The van der Waals surface area contributed by atoms with Crippen LogP contribution >= 0.6 is 0 Å². The van der Waals surface area contributed by atoms with Gasteiger partial charge >= 0.3 is 11.9 Å². The number of hydrogen-bond donors (Lipinski definition) is 1. The molecule has 0 saturated heterocycles. The topological polar surface area (TPSA) is 90.9 Å². The molecule has 164 valence electrons. The average molecular weight is 425 g/mol. The number of aryl methyl sites for hydroxylation is 2. The van der Waals surface area contributed by atoms with Crippen LogP contribution in [0.4, 0.5) is 5.69 Å². The number of fused-ring (bicyclic) bond motifs is 1. The fourth-order valence-electron chi connectivity index (χ4n) is 3.25. The molecule has 0 radical (unpaired) electrons. The lowest BCUT2D eigenvalue weighted by atomic mass is 10.1. The van der Waals surface area contributed by atoms with Crippen molar-refractivity contribution in [3.8, 4) is 5.75 Å². The van der Waals surface area contributed by atoms with Gasteiger partial charge in [0.05, 0.1) is 12.2 Å². The van der Waals surface area contributed by atoms with Crippen molar-refractivity contribution in [1.29, 1.82) is 0 Å². The Labute approximate surface area is 181 Å². The van der Waals surface area contributed by atoms with Crippen LogP contribution in [-0.2, 0) is 31.9 Å². The second-order valence-corrected chi connectivity index (χ2v) is 7.35. The summed E-state index contributed by atoms with van der Waals surface area (Å²) in [5, 5.41) is 2.61. The Morgan fingerprint density at radius 3 is 2.48 bits per heavy atom. The van der Waals surface area contributed by atoms with Crippen molar-refractivity contribution in [2.24, 2.45) is 0 Å². The highest BCUT2D eigenvalue weighted by Gasteiger charge is 2.13. The summed E-state index contributed by atoms with van der Waals surface area (Å²) in [5.74, 6) is -0.885. The lowest BCUT2D eigenvalue weighted by molar-refractivity contribution is -0.149. The molecule has 0 spiro atoms. The first-order chi connectivity index (χ1) is 15.0. The van der Waals surface area contributed by atoms with Gasteiger partial charge in [-0.2, -0.15) is 0 Å². The van der Waals surface area contributed by atoms with Crippen LogP contribution in [0.5, 0.6) is 5.75 Å². The number of esters is 2. The molecular formula is C24H27NO6. The van der Waals surface area contributed by atoms with Gasteiger partial charge in [0.15, 0.2) is 13.2 Å². The van der Waals surface area contributed by atoms with Crippen LogP contribution < -0.4 is 10.1 Å². The SMILES string of the molecule is CCCCOC(=O)c1ccc(NC(=O)COC(=O)COc2ccc3c(c2)CCC3)cc1. The molecule has 0 bridgehead atoms. The fraction of sp³-hybridized carbons (Fsp3) is 0.375. The monoisotopic (exact) mass is 425 g/mol. The van der Waals surface area contributed by atoms with Gasteiger partial charge < -0.3 is 19.5 Å². The van der Waals surface area contributed by atoms with E-state index in [1.807, 2.05) is 25.1 Å². The maximum absolute atomic E-state index is 12.0. The Kier molecular flexibility index (Phi) is 8.04. The third-order valence-electron chi connectivity index (χ3n) is 4.93. The molecule has 1 amide bonds. The number of amides is 1. The first-order valence-electron chi connectivity index (χ1n) is 10.5. The molecular weight excluding hydrogens is 398 g/mol. The molecule has 7 heteroatoms. The van der Waals surface area contributed by atoms with Crippen molar-refractivity contribution < 1.29 is 28.6 Å². The minimum atomic E-state index is -0.624. The van der Waals surface area contributed by atoms with Crippen LogP contribution in [0.3, 0.4) is 0 Å². The Hall–Kier alpha value is -3.35. The predicted molar refractivity (Wildman–Crippen MR) is 115 cm³/mol. The third-order valence-corrected chi connectivity index (χ3v) is 4.93. The molecule has 2 aromatic carbocycles. The van der Waals surface area contributed by atoms with Crippen LogP contribution in [-0.4, -0.2) is 37.7 Å². The number of hydrogen-bond acceptors (Lipinski definition) is 6. The molecule has 1 aliphatic rings. The molecule has 0 unspecified atom stereocenters. The van der Waals surface area contributed by atoms with Crippen molar-refractivity contribution in [3.05, 3.63) is 59.2 Å². The first-order valence-corrected chi connectivity index (χ1v) is 10.5. The summed E-state index contributed by atoms with van der Waals surface area (Å²) in [6.07, 6.45) is 5.01. The van der Waals surface area contributed by atoms with Gasteiger partial charge in [-0.15, -0.1) is 0 Å². The quantitative estimate of drug-likeness (QED) is 0.461. The molecule has 2 aromatic rings. The predicted octanol–water partition coefficient (Wildman–Crippen LogP) is 3.69. The summed E-state index contributed by atoms with van der Waals surface area (Å²) >= 11 is 0. The van der Waals surface area contributed by atoms with Crippen molar-refractivity contribution in [3.63, 3.8) is 0 Å². The Morgan fingerprint density at radius 2 is 1.71 bits per heavy atom. The molecule has 0 aliphatic heterocycles. The van der Waals surface area contributed by atoms with E-state index in [-0.39, 0.29) is 6.61 Å². The molecule has 3 rings (SSSR count). The van der Waals surface area contributed by atoms with Gasteiger partial charge in [0.2, 0.25) is 0 Å². The average Bonchev–Trinajstić information content (AvgIpc) is 3.25. The van der Waals surface area contributed by atoms with Gasteiger partial charge in [0.25, 0.3) is 5.91 Å². The highest BCUT2D eigenvalue weighted by molar-refractivity contribution is 5.94. The lowest BCUT2D eigenvalue weighted by Crippen LogP contribution is -2.23. The minimum Gasteiger partial charge on any atom is -0.482 e. The van der Waals surface area contributed by atoms with E-state index in [4.69, 9.17) is 14.2 Å². The van der Waals surface area contributed by atoms with Crippen LogP contribution in [0.25, 0.3) is 0 Å². The van der Waals surface area contributed by atoms with Crippen molar-refractivity contribution >= 4 is 23.5 Å². The number of rotatable bonds is 10. The summed E-state index contributed by atoms with van der Waals surface area (Å²) in [6.45, 7) is 1.72. The number of nitrogens with one attached hydrogen (secondary N) is 1. The van der Waals surface area contributed by atoms with E-state index in [0.29, 0.717) is 23.6 Å². The molecule has 7 nitrogen and oxygen atoms in total. The molecule has 1 aliphatic carbocycles. The standard InChI is InChI=1S/C24H27NO6/c1-2-3-13-29-24(28)18-7-10-20(11-8-18)25-22(26)15-31-23(27)16-30-21-12-9-17-5-4-6-19(17)14-21/h7-12,14H,2-6,13,15-16H2,1H3,(H,25,26). The number of anilines is 1. The second-order valence-electron chi connectivity index (χ2n) is 7.35. The van der Waals surface area contributed by atoms with Crippen molar-refractivity contribution in [2.75, 3.05) is 25.1 Å². The van der Waals surface area contributed by atoms with Crippen LogP contribution in [0.2, 0.25) is 0 Å². The minimum absolute atomic E-state index is 0.263. The van der Waals surface area contributed by atoms with Gasteiger partial charge in [-0.1, -0.05) is 19.4 Å². The molecule has 0 atom stereocenters. The zero-order valence-corrected chi connectivity index (χ0v) is 17.6. The van der Waals surface area contributed by atoms with E-state index >= 15 is 0 Å². The highest BCUT2D eigenvalue weighted by atomic mass is 16.6. The Balaban J connectivity index is 1.37. The van der Waals surface area contributed by atoms with E-state index in [0.717, 1.165) is 32.1 Å². The summed E-state index contributed by atoms with van der Waals surface area (Å²) in [6, 6.07) is 12.1. The molecule has 0 aromatic heterocycles. The van der Waals surface area contributed by atoms with Gasteiger partial charge in [0.1, 0.15) is 5.75 Å². The van der Waals surface area contributed by atoms with E-state index in [9.17, 15) is 14.4 Å². The second kappa shape index (κ2) is 11.2. The summed E-state index contributed by atoms with van der Waals surface area (Å²) in [4.78, 5) is 35.7. The van der Waals surface area contributed by atoms with Gasteiger partial charge in [-0.25, -0.2) is 9.59 Å². The molecule has 0 saturated carbocycles. The smallest absolute Gasteiger partial charge is 0.344 e. The van der Waals surface area contributed by atoms with E-state index in [1.165, 1.54) is 11.1 Å². The zero-order valence-electron chi connectivity index (χ0n) is 17.6. The van der Waals surface area contributed by atoms with Crippen LogP contribution in [0.15, 0.2) is 42.5 Å². The zero-order chi connectivity index (χ0) is 22.1. The maximum Gasteiger partial charge on any atom is 0.344 e. The van der Waals surface area contributed by atoms with Crippen molar-refractivity contribution in [1.82, 2.24) is 0 Å². The Bertz CT molecular complexity index is 922. The number of carbonyl (C=O) groups excluding carboxylic acids is 3. The number of carbonyl (C=O) groups is 3. The van der Waals surface area contributed by atoms with E-state index in [1.54, 1.807) is 24.3 Å². The first kappa shape index (κ1) is 22.3. The fourth-order valence-corrected chi connectivity index (χ4v) is 3.25. The largest absolute Gasteiger partial charge is 0.482 e. The Morgan fingerprint density at radius 1 is 0.935 bits per heavy atom. The number of benzene rings is 2. The highest BCUT2D eigenvalue weighted by Crippen LogP contribution is 2.26. The van der Waals surface area contributed by atoms with E-state index < -0.39 is 24.5 Å². The summed E-state index contributed by atoms with van der Waals surface area (Å²) < 4.78 is 15.6. The normalized spacial score (nSPS) is 12.0. The maximum atomic E-state index is 12.0. The van der Waals surface area contributed by atoms with Gasteiger partial charge in [0, 0.05) is 5.69 Å². The summed E-state index contributed by atoms with van der Waals surface area (Å²) in [5.41, 5.74) is 3.48. The van der Waals surface area contributed by atoms with E-state index in [2.05, 4.69) is 5.32 Å². The molecule has 0 heterocycles.